The molecule has 0 spiro atoms. The normalized spacial score (nSPS) is 17.4. The fourth-order valence-corrected chi connectivity index (χ4v) is 1.58. The fraction of sp³-hybridized carbons (Fsp3) is 0.923. The molecule has 0 aromatic rings. The van der Waals surface area contributed by atoms with Gasteiger partial charge in [-0.25, -0.2) is 0 Å². The van der Waals surface area contributed by atoms with Gasteiger partial charge in [-0.05, 0) is 53.9 Å². The Morgan fingerprint density at radius 1 is 1.35 bits per heavy atom. The average molecular weight is 245 g/mol. The molecule has 4 nitrogen and oxygen atoms in total. The van der Waals surface area contributed by atoms with Crippen LogP contribution < -0.4 is 5.73 Å². The quantitative estimate of drug-likeness (QED) is 0.702. The van der Waals surface area contributed by atoms with Gasteiger partial charge in [0.05, 0.1) is 12.0 Å². The third-order valence-corrected chi connectivity index (χ3v) is 2.32. The summed E-state index contributed by atoms with van der Waals surface area (Å²) in [4.78, 5) is 11.6. The molecular formula is C13H27NO3. The SMILES string of the molecule is CC(N)CCCC(C)(O)CC(=O)OC(C)(C)C. The number of nitrogens with two attached hydrogens (primary N) is 1. The van der Waals surface area contributed by atoms with E-state index in [-0.39, 0.29) is 18.4 Å². The van der Waals surface area contributed by atoms with Crippen LogP contribution in [0.15, 0.2) is 0 Å². The molecule has 0 heterocycles. The van der Waals surface area contributed by atoms with Crippen molar-refractivity contribution in [2.45, 2.75) is 77.5 Å². The largest absolute Gasteiger partial charge is 0.460 e. The van der Waals surface area contributed by atoms with Crippen molar-refractivity contribution in [3.63, 3.8) is 0 Å². The van der Waals surface area contributed by atoms with Gasteiger partial charge in [0.25, 0.3) is 0 Å². The van der Waals surface area contributed by atoms with Crippen molar-refractivity contribution in [3.8, 4) is 0 Å². The Hall–Kier alpha value is -0.610. The molecule has 0 aliphatic heterocycles. The van der Waals surface area contributed by atoms with Gasteiger partial charge in [-0.15, -0.1) is 0 Å². The molecule has 17 heavy (non-hydrogen) atoms. The minimum absolute atomic E-state index is 0.0310. The number of rotatable bonds is 6. The highest BCUT2D eigenvalue weighted by Gasteiger charge is 2.27. The van der Waals surface area contributed by atoms with Crippen molar-refractivity contribution in [1.82, 2.24) is 0 Å². The molecule has 0 aromatic carbocycles. The van der Waals surface area contributed by atoms with E-state index < -0.39 is 11.2 Å². The second-order valence-electron chi connectivity index (χ2n) is 6.13. The van der Waals surface area contributed by atoms with Crippen LogP contribution in [0.5, 0.6) is 0 Å². The molecule has 0 aliphatic rings. The minimum atomic E-state index is -1.00. The van der Waals surface area contributed by atoms with E-state index in [4.69, 9.17) is 10.5 Å². The van der Waals surface area contributed by atoms with Gasteiger partial charge in [-0.1, -0.05) is 0 Å². The van der Waals surface area contributed by atoms with Crippen LogP contribution in [-0.4, -0.2) is 28.3 Å². The van der Waals surface area contributed by atoms with Crippen LogP contribution in [0, 0.1) is 0 Å². The molecule has 0 amide bonds. The van der Waals surface area contributed by atoms with E-state index in [0.717, 1.165) is 12.8 Å². The molecule has 0 bridgehead atoms. The topological polar surface area (TPSA) is 72.5 Å². The third kappa shape index (κ3) is 10.3. The van der Waals surface area contributed by atoms with Gasteiger partial charge in [0.2, 0.25) is 0 Å². The van der Waals surface area contributed by atoms with Crippen molar-refractivity contribution < 1.29 is 14.6 Å². The summed E-state index contributed by atoms with van der Waals surface area (Å²) in [5.41, 5.74) is 4.13. The van der Waals surface area contributed by atoms with Gasteiger partial charge in [-0.2, -0.15) is 0 Å². The molecule has 0 aliphatic carbocycles. The van der Waals surface area contributed by atoms with Crippen LogP contribution in [0.25, 0.3) is 0 Å². The summed E-state index contributed by atoms with van der Waals surface area (Å²) in [6.45, 7) is 9.04. The van der Waals surface area contributed by atoms with Crippen LogP contribution in [0.2, 0.25) is 0 Å². The molecule has 2 atom stereocenters. The van der Waals surface area contributed by atoms with E-state index in [9.17, 15) is 9.90 Å². The summed E-state index contributed by atoms with van der Waals surface area (Å²) >= 11 is 0. The summed E-state index contributed by atoms with van der Waals surface area (Å²) in [6.07, 6.45) is 2.26. The van der Waals surface area contributed by atoms with Crippen LogP contribution in [0.4, 0.5) is 0 Å². The summed E-state index contributed by atoms with van der Waals surface area (Å²) in [5.74, 6) is -0.358. The summed E-state index contributed by atoms with van der Waals surface area (Å²) in [5, 5.41) is 10.1. The Balaban J connectivity index is 4.03. The number of esters is 1. The number of hydrogen-bond donors (Lipinski definition) is 2. The van der Waals surface area contributed by atoms with Crippen molar-refractivity contribution in [3.05, 3.63) is 0 Å². The molecular weight excluding hydrogens is 218 g/mol. The second-order valence-corrected chi connectivity index (χ2v) is 6.13. The lowest BCUT2D eigenvalue weighted by Crippen LogP contribution is -2.33. The lowest BCUT2D eigenvalue weighted by Gasteiger charge is -2.26. The highest BCUT2D eigenvalue weighted by atomic mass is 16.6. The maximum atomic E-state index is 11.6. The fourth-order valence-electron chi connectivity index (χ4n) is 1.58. The van der Waals surface area contributed by atoms with Crippen molar-refractivity contribution in [2.24, 2.45) is 5.73 Å². The molecule has 0 rings (SSSR count). The molecule has 4 heteroatoms. The first-order chi connectivity index (χ1) is 7.52. The Labute approximate surface area is 105 Å². The molecule has 0 fully saturated rings. The number of aliphatic hydroxyl groups is 1. The molecule has 3 N–H and O–H groups in total. The number of carbonyl (C=O) groups excluding carboxylic acids is 1. The van der Waals surface area contributed by atoms with Gasteiger partial charge in [0.15, 0.2) is 0 Å². The first-order valence-electron chi connectivity index (χ1n) is 6.22. The van der Waals surface area contributed by atoms with Crippen LogP contribution in [-0.2, 0) is 9.53 Å². The minimum Gasteiger partial charge on any atom is -0.460 e. The Kier molecular flexibility index (Phi) is 6.13. The maximum Gasteiger partial charge on any atom is 0.309 e. The smallest absolute Gasteiger partial charge is 0.309 e. The van der Waals surface area contributed by atoms with E-state index in [1.165, 1.54) is 0 Å². The van der Waals surface area contributed by atoms with Crippen molar-refractivity contribution >= 4 is 5.97 Å². The lowest BCUT2D eigenvalue weighted by molar-refractivity contribution is -0.160. The van der Waals surface area contributed by atoms with Crippen molar-refractivity contribution in [2.75, 3.05) is 0 Å². The zero-order valence-corrected chi connectivity index (χ0v) is 11.7. The molecule has 102 valence electrons. The number of hydrogen-bond acceptors (Lipinski definition) is 4. The first-order valence-corrected chi connectivity index (χ1v) is 6.22. The summed E-state index contributed by atoms with van der Waals surface area (Å²) in [6, 6.07) is 0.132. The third-order valence-electron chi connectivity index (χ3n) is 2.32. The average Bonchev–Trinajstić information content (AvgIpc) is 1.96. The molecule has 0 saturated carbocycles. The van der Waals surface area contributed by atoms with E-state index in [1.807, 2.05) is 27.7 Å². The van der Waals surface area contributed by atoms with Crippen LogP contribution in [0.3, 0.4) is 0 Å². The molecule has 2 unspecified atom stereocenters. The van der Waals surface area contributed by atoms with Gasteiger partial charge < -0.3 is 15.6 Å². The van der Waals surface area contributed by atoms with Crippen LogP contribution >= 0.6 is 0 Å². The van der Waals surface area contributed by atoms with E-state index >= 15 is 0 Å². The molecule has 0 aromatic heterocycles. The molecule has 0 radical (unpaired) electrons. The monoisotopic (exact) mass is 245 g/mol. The summed E-state index contributed by atoms with van der Waals surface area (Å²) < 4.78 is 5.18. The van der Waals surface area contributed by atoms with Gasteiger partial charge in [0, 0.05) is 6.04 Å². The highest BCUT2D eigenvalue weighted by molar-refractivity contribution is 5.71. The zero-order chi connectivity index (χ0) is 13.7. The zero-order valence-electron chi connectivity index (χ0n) is 11.7. The van der Waals surface area contributed by atoms with E-state index in [2.05, 4.69) is 0 Å². The highest BCUT2D eigenvalue weighted by Crippen LogP contribution is 2.20. The lowest BCUT2D eigenvalue weighted by atomic mass is 9.94. The van der Waals surface area contributed by atoms with Gasteiger partial charge in [-0.3, -0.25) is 4.79 Å². The first kappa shape index (κ1) is 16.4. The van der Waals surface area contributed by atoms with E-state index in [1.54, 1.807) is 6.92 Å². The Morgan fingerprint density at radius 2 is 1.88 bits per heavy atom. The van der Waals surface area contributed by atoms with E-state index in [0.29, 0.717) is 6.42 Å². The Morgan fingerprint density at radius 3 is 2.29 bits per heavy atom. The van der Waals surface area contributed by atoms with Crippen LogP contribution in [0.1, 0.15) is 60.3 Å². The number of ether oxygens (including phenoxy) is 1. The van der Waals surface area contributed by atoms with Gasteiger partial charge in [0.1, 0.15) is 5.60 Å². The Bertz CT molecular complexity index is 242. The van der Waals surface area contributed by atoms with Crippen molar-refractivity contribution in [1.29, 1.82) is 0 Å². The number of carbonyl (C=O) groups is 1. The predicted molar refractivity (Wildman–Crippen MR) is 68.6 cm³/mol. The summed E-state index contributed by atoms with van der Waals surface area (Å²) in [7, 11) is 0. The standard InChI is InChI=1S/C13H27NO3/c1-10(14)7-6-8-13(5,16)9-11(15)17-12(2,3)4/h10,16H,6-9,14H2,1-5H3. The molecule has 0 saturated heterocycles. The predicted octanol–water partition coefficient (Wildman–Crippen LogP) is 1.99. The maximum absolute atomic E-state index is 11.6. The second kappa shape index (κ2) is 6.36. The van der Waals surface area contributed by atoms with Gasteiger partial charge >= 0.3 is 5.97 Å².